The van der Waals surface area contributed by atoms with Gasteiger partial charge in [-0.2, -0.15) is 0 Å². The molecule has 1 aliphatic carbocycles. The lowest BCUT2D eigenvalue weighted by Gasteiger charge is -2.25. The first-order valence-corrected chi connectivity index (χ1v) is 8.89. The Bertz CT molecular complexity index is 591. The monoisotopic (exact) mass is 418 g/mol. The summed E-state index contributed by atoms with van der Waals surface area (Å²) in [6, 6.07) is 7.18. The number of carbonyl (C=O) groups is 2. The predicted molar refractivity (Wildman–Crippen MR) is 111 cm³/mol. The standard InChI is InChI=1S/C18H26N4O3.2ClH/c23-17(12-19-11-14-1-2-14)20-15-3-5-16(6-4-15)21-18(24)13-22-7-9-25-10-8-22;;/h3-6,14,19H,1-2,7-13H2,(H,20,23)(H,21,24);2*1H. The molecule has 0 aromatic heterocycles. The minimum absolute atomic E-state index is 0. The van der Waals surface area contributed by atoms with Gasteiger partial charge in [0.15, 0.2) is 0 Å². The highest BCUT2D eigenvalue weighted by atomic mass is 35.5. The molecule has 9 heteroatoms. The van der Waals surface area contributed by atoms with Crippen LogP contribution in [-0.2, 0) is 14.3 Å². The first-order chi connectivity index (χ1) is 12.2. The predicted octanol–water partition coefficient (Wildman–Crippen LogP) is 1.74. The van der Waals surface area contributed by atoms with Crippen molar-refractivity contribution in [2.75, 3.05) is 56.6 Å². The number of anilines is 2. The second kappa shape index (κ2) is 12.2. The maximum absolute atomic E-state index is 12.1. The molecule has 1 aromatic rings. The molecule has 1 aromatic carbocycles. The molecule has 27 heavy (non-hydrogen) atoms. The van der Waals surface area contributed by atoms with Gasteiger partial charge in [-0.3, -0.25) is 14.5 Å². The van der Waals surface area contributed by atoms with Crippen molar-refractivity contribution in [3.63, 3.8) is 0 Å². The summed E-state index contributed by atoms with van der Waals surface area (Å²) in [4.78, 5) is 26.0. The molecule has 152 valence electrons. The van der Waals surface area contributed by atoms with Gasteiger partial charge in [-0.25, -0.2) is 0 Å². The molecule has 1 heterocycles. The van der Waals surface area contributed by atoms with Crippen LogP contribution in [-0.4, -0.2) is 62.7 Å². The topological polar surface area (TPSA) is 82.7 Å². The molecular weight excluding hydrogens is 391 g/mol. The van der Waals surface area contributed by atoms with Crippen molar-refractivity contribution in [1.82, 2.24) is 10.2 Å². The van der Waals surface area contributed by atoms with Crippen molar-refractivity contribution >= 4 is 48.0 Å². The lowest BCUT2D eigenvalue weighted by molar-refractivity contribution is -0.118. The second-order valence-electron chi connectivity index (χ2n) is 6.64. The van der Waals surface area contributed by atoms with Crippen LogP contribution in [0.5, 0.6) is 0 Å². The Labute approximate surface area is 172 Å². The SMILES string of the molecule is Cl.Cl.O=C(CNCC1CC1)Nc1ccc(NC(=O)CN2CCOCC2)cc1. The highest BCUT2D eigenvalue weighted by Gasteiger charge is 2.20. The second-order valence-corrected chi connectivity index (χ2v) is 6.64. The normalized spacial score (nSPS) is 16.6. The molecule has 3 rings (SSSR count). The van der Waals surface area contributed by atoms with Crippen LogP contribution >= 0.6 is 24.8 Å². The fourth-order valence-electron chi connectivity index (χ4n) is 2.72. The van der Waals surface area contributed by atoms with E-state index in [1.807, 2.05) is 0 Å². The number of nitrogens with zero attached hydrogens (tertiary/aromatic N) is 1. The van der Waals surface area contributed by atoms with Gasteiger partial charge in [-0.05, 0) is 49.6 Å². The molecule has 0 unspecified atom stereocenters. The lowest BCUT2D eigenvalue weighted by Crippen LogP contribution is -2.41. The first kappa shape index (κ1) is 23.7. The zero-order valence-electron chi connectivity index (χ0n) is 15.2. The van der Waals surface area contributed by atoms with E-state index >= 15 is 0 Å². The molecule has 2 aliphatic rings. The van der Waals surface area contributed by atoms with E-state index < -0.39 is 0 Å². The van der Waals surface area contributed by atoms with Crippen molar-refractivity contribution < 1.29 is 14.3 Å². The number of rotatable bonds is 8. The van der Waals surface area contributed by atoms with Crippen LogP contribution < -0.4 is 16.0 Å². The van der Waals surface area contributed by atoms with Gasteiger partial charge in [-0.1, -0.05) is 0 Å². The summed E-state index contributed by atoms with van der Waals surface area (Å²) < 4.78 is 5.27. The largest absolute Gasteiger partial charge is 0.379 e. The van der Waals surface area contributed by atoms with Crippen LogP contribution in [0.1, 0.15) is 12.8 Å². The summed E-state index contributed by atoms with van der Waals surface area (Å²) in [7, 11) is 0. The molecule has 1 aliphatic heterocycles. The van der Waals surface area contributed by atoms with Crippen LogP contribution in [0.15, 0.2) is 24.3 Å². The fourth-order valence-corrected chi connectivity index (χ4v) is 2.72. The number of amides is 2. The third-order valence-corrected chi connectivity index (χ3v) is 4.34. The zero-order chi connectivity index (χ0) is 17.5. The summed E-state index contributed by atoms with van der Waals surface area (Å²) in [5.74, 6) is 0.667. The van der Waals surface area contributed by atoms with E-state index in [-0.39, 0.29) is 36.6 Å². The molecular formula is C18H28Cl2N4O3. The van der Waals surface area contributed by atoms with E-state index in [4.69, 9.17) is 4.74 Å². The summed E-state index contributed by atoms with van der Waals surface area (Å²) in [5.41, 5.74) is 1.45. The Morgan fingerprint density at radius 1 is 0.963 bits per heavy atom. The molecule has 1 saturated carbocycles. The van der Waals surface area contributed by atoms with Crippen LogP contribution in [0, 0.1) is 5.92 Å². The van der Waals surface area contributed by atoms with Gasteiger partial charge in [0.2, 0.25) is 11.8 Å². The van der Waals surface area contributed by atoms with E-state index in [1.165, 1.54) is 12.8 Å². The van der Waals surface area contributed by atoms with E-state index in [9.17, 15) is 9.59 Å². The summed E-state index contributed by atoms with van der Waals surface area (Å²) in [6.45, 7) is 4.54. The average Bonchev–Trinajstić information content (AvgIpc) is 3.42. The number of morpholine rings is 1. The minimum atomic E-state index is -0.0512. The van der Waals surface area contributed by atoms with E-state index in [2.05, 4.69) is 20.9 Å². The first-order valence-electron chi connectivity index (χ1n) is 8.89. The van der Waals surface area contributed by atoms with Gasteiger partial charge < -0.3 is 20.7 Å². The Hall–Kier alpha value is -1.38. The number of carbonyl (C=O) groups excluding carboxylic acids is 2. The Morgan fingerprint density at radius 2 is 1.52 bits per heavy atom. The van der Waals surface area contributed by atoms with Gasteiger partial charge in [0.25, 0.3) is 0 Å². The maximum Gasteiger partial charge on any atom is 0.238 e. The van der Waals surface area contributed by atoms with Crippen molar-refractivity contribution in [2.45, 2.75) is 12.8 Å². The molecule has 0 radical (unpaired) electrons. The van der Waals surface area contributed by atoms with Gasteiger partial charge in [-0.15, -0.1) is 24.8 Å². The fraction of sp³-hybridized carbons (Fsp3) is 0.556. The molecule has 1 saturated heterocycles. The number of nitrogens with one attached hydrogen (secondary N) is 3. The van der Waals surface area contributed by atoms with Crippen LogP contribution in [0.3, 0.4) is 0 Å². The van der Waals surface area contributed by atoms with Gasteiger partial charge in [0.1, 0.15) is 0 Å². The van der Waals surface area contributed by atoms with Crippen molar-refractivity contribution in [3.8, 4) is 0 Å². The number of benzene rings is 1. The highest BCUT2D eigenvalue weighted by molar-refractivity contribution is 5.94. The third kappa shape index (κ3) is 8.90. The van der Waals surface area contributed by atoms with E-state index in [0.29, 0.717) is 26.3 Å². The van der Waals surface area contributed by atoms with Gasteiger partial charge in [0.05, 0.1) is 26.3 Å². The summed E-state index contributed by atoms with van der Waals surface area (Å²) in [6.07, 6.45) is 2.54. The summed E-state index contributed by atoms with van der Waals surface area (Å²) >= 11 is 0. The van der Waals surface area contributed by atoms with Crippen molar-refractivity contribution in [3.05, 3.63) is 24.3 Å². The molecule has 3 N–H and O–H groups in total. The Morgan fingerprint density at radius 3 is 2.07 bits per heavy atom. The Balaban J connectivity index is 0.00000182. The molecule has 0 bridgehead atoms. The van der Waals surface area contributed by atoms with Gasteiger partial charge in [0, 0.05) is 24.5 Å². The molecule has 7 nitrogen and oxygen atoms in total. The minimum Gasteiger partial charge on any atom is -0.379 e. The maximum atomic E-state index is 12.1. The highest BCUT2D eigenvalue weighted by Crippen LogP contribution is 2.27. The number of hydrogen-bond acceptors (Lipinski definition) is 5. The van der Waals surface area contributed by atoms with E-state index in [1.54, 1.807) is 24.3 Å². The zero-order valence-corrected chi connectivity index (χ0v) is 16.9. The van der Waals surface area contributed by atoms with Crippen LogP contribution in [0.4, 0.5) is 11.4 Å². The number of halogens is 2. The Kier molecular flexibility index (Phi) is 10.6. The van der Waals surface area contributed by atoms with Crippen molar-refractivity contribution in [1.29, 1.82) is 0 Å². The van der Waals surface area contributed by atoms with Crippen LogP contribution in [0.2, 0.25) is 0 Å². The quantitative estimate of drug-likeness (QED) is 0.598. The molecule has 0 atom stereocenters. The average molecular weight is 419 g/mol. The lowest BCUT2D eigenvalue weighted by atomic mass is 10.2. The molecule has 2 amide bonds. The number of ether oxygens (including phenoxy) is 1. The smallest absolute Gasteiger partial charge is 0.238 e. The molecule has 2 fully saturated rings. The van der Waals surface area contributed by atoms with Gasteiger partial charge >= 0.3 is 0 Å². The number of hydrogen-bond donors (Lipinski definition) is 3. The van der Waals surface area contributed by atoms with Crippen molar-refractivity contribution in [2.24, 2.45) is 5.92 Å². The summed E-state index contributed by atoms with van der Waals surface area (Å²) in [5, 5.41) is 8.88. The third-order valence-electron chi connectivity index (χ3n) is 4.34. The molecule has 0 spiro atoms. The van der Waals surface area contributed by atoms with E-state index in [0.717, 1.165) is 36.9 Å². The van der Waals surface area contributed by atoms with Crippen LogP contribution in [0.25, 0.3) is 0 Å².